The molecule has 1 aromatic rings. The van der Waals surface area contributed by atoms with Gasteiger partial charge >= 0.3 is 0 Å². The Kier molecular flexibility index (Phi) is 4.93. The average Bonchev–Trinajstić information content (AvgIpc) is 3.53. The van der Waals surface area contributed by atoms with Crippen LogP contribution in [0.4, 0.5) is 0 Å². The molecule has 3 aliphatic carbocycles. The molecule has 5 heteroatoms. The van der Waals surface area contributed by atoms with E-state index in [0.717, 1.165) is 38.1 Å². The highest BCUT2D eigenvalue weighted by atomic mass is 16.6. The number of benzene rings is 1. The van der Waals surface area contributed by atoms with E-state index in [9.17, 15) is 10.2 Å². The Labute approximate surface area is 211 Å². The van der Waals surface area contributed by atoms with E-state index in [-0.39, 0.29) is 34.0 Å². The fourth-order valence-corrected chi connectivity index (χ4v) is 9.09. The van der Waals surface area contributed by atoms with Gasteiger partial charge in [0.05, 0.1) is 5.60 Å². The van der Waals surface area contributed by atoms with Crippen molar-refractivity contribution >= 4 is 0 Å². The molecule has 0 aromatic heterocycles. The van der Waals surface area contributed by atoms with Crippen LogP contribution in [0.5, 0.6) is 11.5 Å². The molecule has 1 saturated heterocycles. The van der Waals surface area contributed by atoms with E-state index in [2.05, 4.69) is 45.6 Å². The molecule has 35 heavy (non-hydrogen) atoms. The van der Waals surface area contributed by atoms with Crippen molar-refractivity contribution in [1.29, 1.82) is 0 Å². The highest BCUT2D eigenvalue weighted by Gasteiger charge is 2.78. The lowest BCUT2D eigenvalue weighted by atomic mass is 9.38. The van der Waals surface area contributed by atoms with Crippen LogP contribution in [0.15, 0.2) is 12.1 Å². The maximum atomic E-state index is 12.3. The Morgan fingerprint density at radius 2 is 1.91 bits per heavy atom. The van der Waals surface area contributed by atoms with E-state index in [1.54, 1.807) is 0 Å². The molecule has 5 aliphatic rings. The van der Waals surface area contributed by atoms with Crippen LogP contribution in [0.25, 0.3) is 0 Å². The molecule has 2 saturated carbocycles. The van der Waals surface area contributed by atoms with Gasteiger partial charge in [-0.3, -0.25) is 4.90 Å². The van der Waals surface area contributed by atoms with Crippen LogP contribution in [0.1, 0.15) is 84.8 Å². The molecule has 0 amide bonds. The van der Waals surface area contributed by atoms with Gasteiger partial charge in [0, 0.05) is 36.6 Å². The van der Waals surface area contributed by atoms with Gasteiger partial charge in [-0.25, -0.2) is 0 Å². The number of rotatable bonds is 5. The van der Waals surface area contributed by atoms with Gasteiger partial charge in [0.1, 0.15) is 11.7 Å². The number of piperidine rings is 1. The Balaban J connectivity index is 1.60. The summed E-state index contributed by atoms with van der Waals surface area (Å²) in [6.07, 6.45) is 6.11. The van der Waals surface area contributed by atoms with Crippen LogP contribution in [-0.4, -0.2) is 58.7 Å². The zero-order valence-corrected chi connectivity index (χ0v) is 22.8. The van der Waals surface area contributed by atoms with Gasteiger partial charge in [-0.05, 0) is 80.4 Å². The lowest BCUT2D eigenvalue weighted by Crippen LogP contribution is -2.79. The molecule has 1 aromatic carbocycles. The van der Waals surface area contributed by atoms with Crippen molar-refractivity contribution < 1.29 is 19.7 Å². The fraction of sp³-hybridized carbons (Fsp3) is 0.800. The van der Waals surface area contributed by atoms with Crippen LogP contribution in [0.2, 0.25) is 0 Å². The number of ether oxygens (including phenoxy) is 2. The van der Waals surface area contributed by atoms with Crippen molar-refractivity contribution in [1.82, 2.24) is 4.90 Å². The van der Waals surface area contributed by atoms with Crippen LogP contribution < -0.4 is 4.74 Å². The van der Waals surface area contributed by atoms with Crippen LogP contribution in [0, 0.1) is 22.7 Å². The van der Waals surface area contributed by atoms with Gasteiger partial charge in [0.2, 0.25) is 0 Å². The first-order chi connectivity index (χ1) is 16.4. The Bertz CT molecular complexity index is 1040. The molecule has 1 unspecified atom stereocenters. The molecule has 2 heterocycles. The van der Waals surface area contributed by atoms with Crippen molar-refractivity contribution in [2.45, 2.75) is 109 Å². The number of phenolic OH excluding ortho intramolecular Hbond substituents is 1. The lowest BCUT2D eigenvalue weighted by molar-refractivity contribution is -0.277. The quantitative estimate of drug-likeness (QED) is 0.614. The Morgan fingerprint density at radius 3 is 2.51 bits per heavy atom. The van der Waals surface area contributed by atoms with Crippen molar-refractivity contribution in [2.24, 2.45) is 22.7 Å². The van der Waals surface area contributed by atoms with Crippen LogP contribution in [0.3, 0.4) is 0 Å². The van der Waals surface area contributed by atoms with E-state index in [1.807, 2.05) is 20.1 Å². The van der Waals surface area contributed by atoms with E-state index in [4.69, 9.17) is 9.47 Å². The number of methoxy groups -OCH3 is 1. The lowest BCUT2D eigenvalue weighted by Gasteiger charge is -2.71. The van der Waals surface area contributed by atoms with Crippen molar-refractivity contribution in [3.8, 4) is 11.5 Å². The number of aromatic hydroxyl groups is 1. The second kappa shape index (κ2) is 7.17. The minimum atomic E-state index is -0.959. The van der Waals surface area contributed by atoms with Gasteiger partial charge in [0.25, 0.3) is 0 Å². The third-order valence-electron chi connectivity index (χ3n) is 11.7. The summed E-state index contributed by atoms with van der Waals surface area (Å²) in [5.41, 5.74) is 0.332. The second-order valence-electron chi connectivity index (χ2n) is 13.9. The molecule has 2 N–H and O–H groups in total. The highest BCUT2D eigenvalue weighted by Crippen LogP contribution is 2.73. The summed E-state index contributed by atoms with van der Waals surface area (Å²) in [6.45, 7) is 15.4. The minimum Gasteiger partial charge on any atom is -0.504 e. The molecule has 0 radical (unpaired) electrons. The highest BCUT2D eigenvalue weighted by molar-refractivity contribution is 5.62. The van der Waals surface area contributed by atoms with Gasteiger partial charge < -0.3 is 19.7 Å². The Hall–Kier alpha value is -1.30. The van der Waals surface area contributed by atoms with Gasteiger partial charge in [0.15, 0.2) is 11.5 Å². The average molecular weight is 484 g/mol. The van der Waals surface area contributed by atoms with Crippen LogP contribution in [-0.2, 0) is 16.6 Å². The van der Waals surface area contributed by atoms with Gasteiger partial charge in [-0.15, -0.1) is 0 Å². The van der Waals surface area contributed by atoms with Gasteiger partial charge in [-0.2, -0.15) is 0 Å². The predicted molar refractivity (Wildman–Crippen MR) is 137 cm³/mol. The maximum absolute atomic E-state index is 12.3. The third-order valence-corrected chi connectivity index (χ3v) is 11.7. The summed E-state index contributed by atoms with van der Waals surface area (Å²) < 4.78 is 13.5. The second-order valence-corrected chi connectivity index (χ2v) is 13.9. The normalized spacial score (nSPS) is 41.8. The molecule has 7 atom stereocenters. The summed E-state index contributed by atoms with van der Waals surface area (Å²) in [5, 5.41) is 23.3. The molecule has 6 rings (SSSR count). The largest absolute Gasteiger partial charge is 0.504 e. The summed E-state index contributed by atoms with van der Waals surface area (Å²) in [5.74, 6) is 1.66. The number of hydrogen-bond donors (Lipinski definition) is 2. The molecular weight excluding hydrogens is 438 g/mol. The first-order valence-corrected chi connectivity index (χ1v) is 13.9. The number of nitrogens with zero attached hydrogens (tertiary/aromatic N) is 1. The Morgan fingerprint density at radius 1 is 1.20 bits per heavy atom. The molecule has 1 spiro atoms. The summed E-state index contributed by atoms with van der Waals surface area (Å²) in [7, 11) is 1.81. The van der Waals surface area contributed by atoms with Gasteiger partial charge in [-0.1, -0.05) is 40.7 Å². The number of hydrogen-bond acceptors (Lipinski definition) is 5. The van der Waals surface area contributed by atoms with Crippen LogP contribution >= 0.6 is 0 Å². The first kappa shape index (κ1) is 24.1. The molecule has 2 bridgehead atoms. The van der Waals surface area contributed by atoms with E-state index in [0.29, 0.717) is 11.8 Å². The summed E-state index contributed by atoms with van der Waals surface area (Å²) >= 11 is 0. The van der Waals surface area contributed by atoms with E-state index < -0.39 is 11.2 Å². The SMILES string of the molecule is CCC1(OC)[C@@H]([C@](C)(O)C(C)(C)C)C[C@]2(C)[C@H]3Cc4ccc(O)c5c4[C@@]2(CCN3CC2CC2)[C@H]1O5. The van der Waals surface area contributed by atoms with E-state index >= 15 is 0 Å². The molecule has 2 aliphatic heterocycles. The number of phenols is 1. The molecule has 194 valence electrons. The van der Waals surface area contributed by atoms with Crippen molar-refractivity contribution in [3.63, 3.8) is 0 Å². The zero-order chi connectivity index (χ0) is 25.2. The molecule has 5 nitrogen and oxygen atoms in total. The summed E-state index contributed by atoms with van der Waals surface area (Å²) in [6, 6.07) is 4.37. The first-order valence-electron chi connectivity index (χ1n) is 13.9. The predicted octanol–water partition coefficient (Wildman–Crippen LogP) is 5.05. The molecule has 3 fully saturated rings. The third kappa shape index (κ3) is 2.76. The fourth-order valence-electron chi connectivity index (χ4n) is 9.09. The summed E-state index contributed by atoms with van der Waals surface area (Å²) in [4.78, 5) is 2.78. The number of likely N-dealkylation sites (tertiary alicyclic amines) is 1. The smallest absolute Gasteiger partial charge is 0.165 e. The number of aliphatic hydroxyl groups is 1. The van der Waals surface area contributed by atoms with Crippen molar-refractivity contribution in [2.75, 3.05) is 20.2 Å². The van der Waals surface area contributed by atoms with Crippen molar-refractivity contribution in [3.05, 3.63) is 23.3 Å². The zero-order valence-electron chi connectivity index (χ0n) is 22.8. The maximum Gasteiger partial charge on any atom is 0.165 e. The minimum absolute atomic E-state index is 0.0893. The monoisotopic (exact) mass is 483 g/mol. The molecular formula is C30H45NO4. The topological polar surface area (TPSA) is 62.2 Å². The standard InChI is InChI=1S/C30H45NO4/c1-8-30(34-7)21(28(6,33)26(2,3)4)16-27(5)22-15-19-11-12-20(32)24-23(19)29(27,25(30)35-24)13-14-31(22)17-18-9-10-18/h11-12,18,21-22,25,32-33H,8-10,13-17H2,1-7H3/t21-,22-,25-,27-,28+,29+,30?/m1/s1. The van der Waals surface area contributed by atoms with E-state index in [1.165, 1.54) is 30.5 Å².